The third-order valence-corrected chi connectivity index (χ3v) is 5.07. The fourth-order valence-corrected chi connectivity index (χ4v) is 3.40. The molecule has 0 saturated heterocycles. The fraction of sp³-hybridized carbons (Fsp3) is 0.692. The van der Waals surface area contributed by atoms with Crippen LogP contribution in [0.25, 0.3) is 0 Å². The molecular formula is C13H20BrNS. The molecule has 0 spiro atoms. The molecule has 1 heterocycles. The minimum absolute atomic E-state index is 0.806. The lowest BCUT2D eigenvalue weighted by Gasteiger charge is -2.25. The maximum atomic E-state index is 3.63. The molecule has 1 aliphatic rings. The van der Waals surface area contributed by atoms with Crippen LogP contribution in [0, 0.1) is 5.92 Å². The van der Waals surface area contributed by atoms with Gasteiger partial charge in [-0.05, 0) is 30.2 Å². The first-order chi connectivity index (χ1) is 7.83. The van der Waals surface area contributed by atoms with Crippen molar-refractivity contribution in [2.75, 3.05) is 11.9 Å². The van der Waals surface area contributed by atoms with Crippen LogP contribution in [0.15, 0.2) is 17.5 Å². The third kappa shape index (κ3) is 3.57. The predicted octanol–water partition coefficient (Wildman–Crippen LogP) is 4.13. The van der Waals surface area contributed by atoms with Gasteiger partial charge in [-0.15, -0.1) is 11.3 Å². The van der Waals surface area contributed by atoms with E-state index < -0.39 is 0 Å². The molecule has 1 fully saturated rings. The zero-order valence-corrected chi connectivity index (χ0v) is 12.3. The van der Waals surface area contributed by atoms with Gasteiger partial charge in [-0.2, -0.15) is 0 Å². The summed E-state index contributed by atoms with van der Waals surface area (Å²) in [6.07, 6.45) is 4.09. The molecule has 16 heavy (non-hydrogen) atoms. The van der Waals surface area contributed by atoms with Crippen molar-refractivity contribution in [2.24, 2.45) is 5.92 Å². The molecule has 1 saturated carbocycles. The Morgan fingerprint density at radius 1 is 1.56 bits per heavy atom. The molecule has 1 atom stereocenters. The van der Waals surface area contributed by atoms with Gasteiger partial charge in [-0.1, -0.05) is 35.3 Å². The van der Waals surface area contributed by atoms with Crippen molar-refractivity contribution in [2.45, 2.75) is 38.8 Å². The van der Waals surface area contributed by atoms with Crippen LogP contribution in [0.2, 0.25) is 0 Å². The average Bonchev–Trinajstić information content (AvgIpc) is 3.03. The van der Waals surface area contributed by atoms with E-state index in [0.717, 1.165) is 23.8 Å². The minimum Gasteiger partial charge on any atom is -0.295 e. The molecule has 0 aromatic carbocycles. The van der Waals surface area contributed by atoms with E-state index in [0.29, 0.717) is 0 Å². The lowest BCUT2D eigenvalue weighted by molar-refractivity contribution is 0.221. The normalized spacial score (nSPS) is 17.9. The molecule has 90 valence electrons. The van der Waals surface area contributed by atoms with Gasteiger partial charge in [0.1, 0.15) is 0 Å². The fourth-order valence-electron chi connectivity index (χ4n) is 2.00. The maximum absolute atomic E-state index is 3.63. The molecule has 0 aliphatic heterocycles. The number of halogens is 1. The summed E-state index contributed by atoms with van der Waals surface area (Å²) in [5.74, 6) is 0.806. The highest BCUT2D eigenvalue weighted by atomic mass is 79.9. The Bertz CT molecular complexity index is 291. The molecule has 1 aliphatic carbocycles. The summed E-state index contributed by atoms with van der Waals surface area (Å²) in [6, 6.07) is 5.29. The Kier molecular flexibility index (Phi) is 4.86. The van der Waals surface area contributed by atoms with E-state index in [2.05, 4.69) is 45.3 Å². The smallest absolute Gasteiger partial charge is 0.0330 e. The zero-order chi connectivity index (χ0) is 11.4. The first-order valence-electron chi connectivity index (χ1n) is 6.15. The van der Waals surface area contributed by atoms with Crippen LogP contribution in [0.4, 0.5) is 0 Å². The first-order valence-corrected chi connectivity index (χ1v) is 8.16. The number of nitrogens with zero attached hydrogens (tertiary/aromatic N) is 1. The molecular weight excluding hydrogens is 282 g/mol. The predicted molar refractivity (Wildman–Crippen MR) is 75.3 cm³/mol. The van der Waals surface area contributed by atoms with Crippen LogP contribution in [0.1, 0.15) is 31.1 Å². The topological polar surface area (TPSA) is 3.24 Å². The van der Waals surface area contributed by atoms with Crippen molar-refractivity contribution < 1.29 is 0 Å². The van der Waals surface area contributed by atoms with Gasteiger partial charge in [-0.25, -0.2) is 0 Å². The number of hydrogen-bond acceptors (Lipinski definition) is 2. The van der Waals surface area contributed by atoms with E-state index in [9.17, 15) is 0 Å². The molecule has 1 nitrogen and oxygen atoms in total. The van der Waals surface area contributed by atoms with Gasteiger partial charge in [0.15, 0.2) is 0 Å². The van der Waals surface area contributed by atoms with Crippen LogP contribution in [0.5, 0.6) is 0 Å². The molecule has 3 heteroatoms. The lowest BCUT2D eigenvalue weighted by atomic mass is 10.1. The summed E-state index contributed by atoms with van der Waals surface area (Å²) in [7, 11) is 0. The van der Waals surface area contributed by atoms with Crippen molar-refractivity contribution in [3.8, 4) is 0 Å². The molecule has 2 rings (SSSR count). The second kappa shape index (κ2) is 6.18. The highest BCUT2D eigenvalue weighted by molar-refractivity contribution is 9.09. The van der Waals surface area contributed by atoms with Crippen LogP contribution in [0.3, 0.4) is 0 Å². The maximum Gasteiger partial charge on any atom is 0.0330 e. The Labute approximate surface area is 111 Å². The molecule has 0 radical (unpaired) electrons. The number of rotatable bonds is 7. The van der Waals surface area contributed by atoms with E-state index in [1.165, 1.54) is 30.7 Å². The van der Waals surface area contributed by atoms with Gasteiger partial charge in [0, 0.05) is 29.3 Å². The Hall–Kier alpha value is 0.140. The average molecular weight is 302 g/mol. The lowest BCUT2D eigenvalue weighted by Crippen LogP contribution is -2.31. The van der Waals surface area contributed by atoms with Crippen LogP contribution in [-0.4, -0.2) is 22.8 Å². The second-order valence-corrected chi connectivity index (χ2v) is 6.35. The van der Waals surface area contributed by atoms with Gasteiger partial charge in [0.2, 0.25) is 0 Å². The van der Waals surface area contributed by atoms with E-state index in [4.69, 9.17) is 0 Å². The Balaban J connectivity index is 1.89. The molecule has 1 unspecified atom stereocenters. The molecule has 1 aromatic heterocycles. The molecule has 0 amide bonds. The van der Waals surface area contributed by atoms with Gasteiger partial charge >= 0.3 is 0 Å². The standard InChI is InChI=1S/C13H20BrNS/c1-2-11(8-14)9-15(12-5-6-12)10-13-4-3-7-16-13/h3-4,7,11-12H,2,5-6,8-10H2,1H3. The number of hydrogen-bond donors (Lipinski definition) is 0. The molecule has 0 N–H and O–H groups in total. The van der Waals surface area contributed by atoms with Crippen molar-refractivity contribution in [1.29, 1.82) is 0 Å². The van der Waals surface area contributed by atoms with Crippen molar-refractivity contribution in [1.82, 2.24) is 4.90 Å². The Morgan fingerprint density at radius 3 is 2.88 bits per heavy atom. The van der Waals surface area contributed by atoms with Crippen LogP contribution >= 0.6 is 27.3 Å². The van der Waals surface area contributed by atoms with Gasteiger partial charge in [-0.3, -0.25) is 4.90 Å². The van der Waals surface area contributed by atoms with Crippen molar-refractivity contribution in [3.63, 3.8) is 0 Å². The first kappa shape index (κ1) is 12.6. The zero-order valence-electron chi connectivity index (χ0n) is 9.86. The van der Waals surface area contributed by atoms with E-state index >= 15 is 0 Å². The van der Waals surface area contributed by atoms with E-state index in [1.807, 2.05) is 11.3 Å². The summed E-state index contributed by atoms with van der Waals surface area (Å²) >= 11 is 5.51. The minimum atomic E-state index is 0.806. The summed E-state index contributed by atoms with van der Waals surface area (Å²) in [5.41, 5.74) is 0. The quantitative estimate of drug-likeness (QED) is 0.684. The summed E-state index contributed by atoms with van der Waals surface area (Å²) < 4.78 is 0. The van der Waals surface area contributed by atoms with Crippen molar-refractivity contribution >= 4 is 27.3 Å². The Morgan fingerprint density at radius 2 is 2.38 bits per heavy atom. The molecule has 1 aromatic rings. The third-order valence-electron chi connectivity index (χ3n) is 3.29. The van der Waals surface area contributed by atoms with E-state index in [1.54, 1.807) is 0 Å². The summed E-state index contributed by atoms with van der Waals surface area (Å²) in [5, 5.41) is 3.32. The van der Waals surface area contributed by atoms with E-state index in [-0.39, 0.29) is 0 Å². The molecule has 0 bridgehead atoms. The second-order valence-electron chi connectivity index (χ2n) is 4.67. The SMILES string of the molecule is CCC(CBr)CN(Cc1cccs1)C1CC1. The summed E-state index contributed by atoms with van der Waals surface area (Å²) in [6.45, 7) is 4.71. The van der Waals surface area contributed by atoms with Gasteiger partial charge < -0.3 is 0 Å². The number of thiophene rings is 1. The van der Waals surface area contributed by atoms with Gasteiger partial charge in [0.25, 0.3) is 0 Å². The monoisotopic (exact) mass is 301 g/mol. The summed E-state index contributed by atoms with van der Waals surface area (Å²) in [4.78, 5) is 4.19. The largest absolute Gasteiger partial charge is 0.295 e. The number of alkyl halides is 1. The van der Waals surface area contributed by atoms with Crippen LogP contribution < -0.4 is 0 Å². The van der Waals surface area contributed by atoms with Crippen LogP contribution in [-0.2, 0) is 6.54 Å². The highest BCUT2D eigenvalue weighted by Gasteiger charge is 2.30. The van der Waals surface area contributed by atoms with Crippen molar-refractivity contribution in [3.05, 3.63) is 22.4 Å². The van der Waals surface area contributed by atoms with Gasteiger partial charge in [0.05, 0.1) is 0 Å². The highest BCUT2D eigenvalue weighted by Crippen LogP contribution is 2.30.